The van der Waals surface area contributed by atoms with E-state index in [4.69, 9.17) is 5.73 Å². The summed E-state index contributed by atoms with van der Waals surface area (Å²) in [4.78, 5) is 2.56. The molecule has 1 aliphatic carbocycles. The maximum Gasteiger partial charge on any atom is 0.0473 e. The first kappa shape index (κ1) is 16.5. The molecule has 0 aromatic heterocycles. The van der Waals surface area contributed by atoms with Crippen molar-refractivity contribution in [2.75, 3.05) is 13.6 Å². The van der Waals surface area contributed by atoms with Gasteiger partial charge in [0.05, 0.1) is 0 Å². The molecule has 0 amide bonds. The molecule has 118 valence electrons. The van der Waals surface area contributed by atoms with Crippen LogP contribution in [-0.4, -0.2) is 24.5 Å². The zero-order valence-electron chi connectivity index (χ0n) is 14.0. The van der Waals surface area contributed by atoms with Gasteiger partial charge >= 0.3 is 0 Å². The summed E-state index contributed by atoms with van der Waals surface area (Å²) in [6, 6.07) is 9.88. The fourth-order valence-corrected chi connectivity index (χ4v) is 3.91. The van der Waals surface area contributed by atoms with Gasteiger partial charge in [0, 0.05) is 18.6 Å². The summed E-state index contributed by atoms with van der Waals surface area (Å²) < 4.78 is 0. The van der Waals surface area contributed by atoms with E-state index in [0.717, 1.165) is 12.3 Å². The van der Waals surface area contributed by atoms with E-state index in [0.29, 0.717) is 18.6 Å². The van der Waals surface area contributed by atoms with Crippen molar-refractivity contribution in [2.45, 2.75) is 64.5 Å². The van der Waals surface area contributed by atoms with Gasteiger partial charge in [-0.3, -0.25) is 4.90 Å². The fourth-order valence-electron chi connectivity index (χ4n) is 3.91. The second kappa shape index (κ2) is 7.95. The van der Waals surface area contributed by atoms with Crippen LogP contribution in [0.15, 0.2) is 24.3 Å². The molecular formula is C19H32N2. The Morgan fingerprint density at radius 3 is 2.38 bits per heavy atom. The number of hydrogen-bond donors (Lipinski definition) is 1. The molecule has 1 atom stereocenters. The zero-order valence-corrected chi connectivity index (χ0v) is 14.0. The van der Waals surface area contributed by atoms with Crippen LogP contribution in [0, 0.1) is 5.92 Å². The van der Waals surface area contributed by atoms with Crippen LogP contribution in [0.5, 0.6) is 0 Å². The summed E-state index contributed by atoms with van der Waals surface area (Å²) in [5, 5.41) is 0. The SMILES string of the molecule is CCc1ccccc1C(CN)N(C)C1CCC(CC)CC1. The molecule has 1 aliphatic rings. The molecular weight excluding hydrogens is 256 g/mol. The Bertz CT molecular complexity index is 421. The summed E-state index contributed by atoms with van der Waals surface area (Å²) in [5.41, 5.74) is 9.03. The predicted octanol–water partition coefficient (Wildman–Crippen LogP) is 4.15. The lowest BCUT2D eigenvalue weighted by atomic mass is 9.83. The van der Waals surface area contributed by atoms with Gasteiger partial charge in [0.25, 0.3) is 0 Å². The van der Waals surface area contributed by atoms with E-state index in [2.05, 4.69) is 50.1 Å². The molecule has 0 radical (unpaired) electrons. The summed E-state index contributed by atoms with van der Waals surface area (Å²) in [6.45, 7) is 5.27. The average Bonchev–Trinajstić information content (AvgIpc) is 2.56. The van der Waals surface area contributed by atoms with Crippen molar-refractivity contribution >= 4 is 0 Å². The van der Waals surface area contributed by atoms with Crippen molar-refractivity contribution in [3.8, 4) is 0 Å². The lowest BCUT2D eigenvalue weighted by molar-refractivity contribution is 0.121. The molecule has 1 saturated carbocycles. The molecule has 2 nitrogen and oxygen atoms in total. The molecule has 2 rings (SSSR count). The Kier molecular flexibility index (Phi) is 6.25. The molecule has 0 aliphatic heterocycles. The van der Waals surface area contributed by atoms with Crippen LogP contribution in [0.25, 0.3) is 0 Å². The molecule has 1 unspecified atom stereocenters. The molecule has 0 heterocycles. The monoisotopic (exact) mass is 288 g/mol. The third kappa shape index (κ3) is 3.87. The molecule has 0 saturated heterocycles. The third-order valence-corrected chi connectivity index (χ3v) is 5.48. The number of likely N-dealkylation sites (N-methyl/N-ethyl adjacent to an activating group) is 1. The number of nitrogens with zero attached hydrogens (tertiary/aromatic N) is 1. The van der Waals surface area contributed by atoms with Crippen molar-refractivity contribution in [1.29, 1.82) is 0 Å². The van der Waals surface area contributed by atoms with Gasteiger partial charge in [-0.1, -0.05) is 44.5 Å². The molecule has 1 aromatic rings. The van der Waals surface area contributed by atoms with Crippen molar-refractivity contribution in [3.63, 3.8) is 0 Å². The number of rotatable bonds is 6. The van der Waals surface area contributed by atoms with Gasteiger partial charge in [-0.15, -0.1) is 0 Å². The minimum atomic E-state index is 0.365. The zero-order chi connectivity index (χ0) is 15.2. The summed E-state index contributed by atoms with van der Waals surface area (Å²) in [7, 11) is 2.28. The van der Waals surface area contributed by atoms with Gasteiger partial charge in [0.15, 0.2) is 0 Å². The Balaban J connectivity index is 2.10. The van der Waals surface area contributed by atoms with E-state index >= 15 is 0 Å². The van der Waals surface area contributed by atoms with E-state index in [-0.39, 0.29) is 0 Å². The van der Waals surface area contributed by atoms with Crippen LogP contribution < -0.4 is 5.73 Å². The minimum Gasteiger partial charge on any atom is -0.329 e. The van der Waals surface area contributed by atoms with Gasteiger partial charge < -0.3 is 5.73 Å². The van der Waals surface area contributed by atoms with Gasteiger partial charge in [-0.05, 0) is 56.2 Å². The van der Waals surface area contributed by atoms with E-state index in [1.165, 1.54) is 43.2 Å². The molecule has 0 bridgehead atoms. The molecule has 21 heavy (non-hydrogen) atoms. The van der Waals surface area contributed by atoms with Gasteiger partial charge in [-0.25, -0.2) is 0 Å². The van der Waals surface area contributed by atoms with Crippen LogP contribution in [0.4, 0.5) is 0 Å². The maximum absolute atomic E-state index is 6.15. The quantitative estimate of drug-likeness (QED) is 0.852. The van der Waals surface area contributed by atoms with Gasteiger partial charge in [0.2, 0.25) is 0 Å². The minimum absolute atomic E-state index is 0.365. The summed E-state index contributed by atoms with van der Waals surface area (Å²) in [6.07, 6.45) is 7.87. The largest absolute Gasteiger partial charge is 0.329 e. The molecule has 1 aromatic carbocycles. The van der Waals surface area contributed by atoms with Crippen molar-refractivity contribution < 1.29 is 0 Å². The van der Waals surface area contributed by atoms with Crippen LogP contribution >= 0.6 is 0 Å². The van der Waals surface area contributed by atoms with Crippen LogP contribution in [0.1, 0.15) is 63.1 Å². The first-order chi connectivity index (χ1) is 10.2. The van der Waals surface area contributed by atoms with Crippen LogP contribution in [0.3, 0.4) is 0 Å². The Labute approximate surface area is 130 Å². The second-order valence-electron chi connectivity index (χ2n) is 6.55. The molecule has 2 N–H and O–H groups in total. The van der Waals surface area contributed by atoms with Crippen molar-refractivity contribution in [2.24, 2.45) is 11.7 Å². The number of aryl methyl sites for hydroxylation is 1. The Morgan fingerprint density at radius 2 is 1.81 bits per heavy atom. The smallest absolute Gasteiger partial charge is 0.0473 e. The van der Waals surface area contributed by atoms with E-state index < -0.39 is 0 Å². The molecule has 1 fully saturated rings. The third-order valence-electron chi connectivity index (χ3n) is 5.48. The Morgan fingerprint density at radius 1 is 1.14 bits per heavy atom. The molecule has 0 spiro atoms. The normalized spacial score (nSPS) is 24.2. The Hall–Kier alpha value is -0.860. The number of benzene rings is 1. The van der Waals surface area contributed by atoms with Crippen LogP contribution in [0.2, 0.25) is 0 Å². The van der Waals surface area contributed by atoms with E-state index in [9.17, 15) is 0 Å². The first-order valence-corrected chi connectivity index (χ1v) is 8.71. The summed E-state index contributed by atoms with van der Waals surface area (Å²) in [5.74, 6) is 0.953. The number of hydrogen-bond acceptors (Lipinski definition) is 2. The highest BCUT2D eigenvalue weighted by molar-refractivity contribution is 5.30. The standard InChI is InChI=1S/C19H32N2/c1-4-15-10-12-17(13-11-15)21(3)19(14-20)18-9-7-6-8-16(18)5-2/h6-9,15,17,19H,4-5,10-14,20H2,1-3H3. The van der Waals surface area contributed by atoms with Crippen molar-refractivity contribution in [3.05, 3.63) is 35.4 Å². The summed E-state index contributed by atoms with van der Waals surface area (Å²) >= 11 is 0. The fraction of sp³-hybridized carbons (Fsp3) is 0.684. The lowest BCUT2D eigenvalue weighted by Crippen LogP contribution is -2.41. The van der Waals surface area contributed by atoms with Gasteiger partial charge in [-0.2, -0.15) is 0 Å². The topological polar surface area (TPSA) is 29.3 Å². The average molecular weight is 288 g/mol. The van der Waals surface area contributed by atoms with Crippen molar-refractivity contribution in [1.82, 2.24) is 4.90 Å². The van der Waals surface area contributed by atoms with E-state index in [1.54, 1.807) is 0 Å². The second-order valence-corrected chi connectivity index (χ2v) is 6.55. The molecule has 2 heteroatoms. The predicted molar refractivity (Wildman–Crippen MR) is 91.4 cm³/mol. The first-order valence-electron chi connectivity index (χ1n) is 8.71. The number of nitrogens with two attached hydrogens (primary N) is 1. The van der Waals surface area contributed by atoms with Crippen LogP contribution in [-0.2, 0) is 6.42 Å². The highest BCUT2D eigenvalue weighted by Gasteiger charge is 2.28. The van der Waals surface area contributed by atoms with Gasteiger partial charge in [0.1, 0.15) is 0 Å². The van der Waals surface area contributed by atoms with E-state index in [1.807, 2.05) is 0 Å². The lowest BCUT2D eigenvalue weighted by Gasteiger charge is -2.39. The highest BCUT2D eigenvalue weighted by Crippen LogP contribution is 2.33. The highest BCUT2D eigenvalue weighted by atomic mass is 15.2. The maximum atomic E-state index is 6.15.